The van der Waals surface area contributed by atoms with Crippen LogP contribution in [0.5, 0.6) is 5.75 Å². The van der Waals surface area contributed by atoms with Crippen molar-refractivity contribution in [2.45, 2.75) is 0 Å². The number of ketones is 1. The molecule has 4 aromatic rings. The molecule has 3 aromatic carbocycles. The maximum atomic E-state index is 12.9. The van der Waals surface area contributed by atoms with Gasteiger partial charge in [0.1, 0.15) is 5.75 Å². The Morgan fingerprint density at radius 3 is 2.16 bits per heavy atom. The molecule has 4 rings (SSSR count). The summed E-state index contributed by atoms with van der Waals surface area (Å²) in [7, 11) is 1.55. The van der Waals surface area contributed by atoms with Crippen LogP contribution in [0, 0.1) is 0 Å². The summed E-state index contributed by atoms with van der Waals surface area (Å²) in [4.78, 5) is 25.3. The second kappa shape index (κ2) is 9.09. The SMILES string of the molecule is COc1ccc(C(=O)COC(=O)c2cc(-c3ccccc3)nn2-c2ccccc2)cc1. The molecule has 6 heteroatoms. The van der Waals surface area contributed by atoms with E-state index < -0.39 is 5.97 Å². The van der Waals surface area contributed by atoms with Crippen molar-refractivity contribution in [3.05, 3.63) is 102 Å². The van der Waals surface area contributed by atoms with Crippen LogP contribution in [0.4, 0.5) is 0 Å². The largest absolute Gasteiger partial charge is 0.497 e. The van der Waals surface area contributed by atoms with Crippen molar-refractivity contribution in [2.24, 2.45) is 0 Å². The molecule has 0 unspecified atom stereocenters. The molecule has 0 aliphatic rings. The average molecular weight is 412 g/mol. The molecule has 0 saturated heterocycles. The Kier molecular flexibility index (Phi) is 5.89. The Morgan fingerprint density at radius 1 is 0.871 bits per heavy atom. The topological polar surface area (TPSA) is 70.4 Å². The van der Waals surface area contributed by atoms with E-state index in [4.69, 9.17) is 9.47 Å². The molecule has 0 spiro atoms. The maximum Gasteiger partial charge on any atom is 0.357 e. The predicted octanol–water partition coefficient (Wildman–Crippen LogP) is 4.59. The Bertz CT molecular complexity index is 1180. The van der Waals surface area contributed by atoms with Crippen molar-refractivity contribution in [3.8, 4) is 22.7 Å². The van der Waals surface area contributed by atoms with Crippen LogP contribution in [0.15, 0.2) is 91.0 Å². The minimum absolute atomic E-state index is 0.243. The van der Waals surface area contributed by atoms with E-state index in [9.17, 15) is 9.59 Å². The van der Waals surface area contributed by atoms with Gasteiger partial charge in [-0.1, -0.05) is 48.5 Å². The second-order valence-electron chi connectivity index (χ2n) is 6.76. The van der Waals surface area contributed by atoms with Gasteiger partial charge in [-0.15, -0.1) is 0 Å². The molecule has 0 saturated carbocycles. The lowest BCUT2D eigenvalue weighted by molar-refractivity contribution is 0.0465. The zero-order valence-corrected chi connectivity index (χ0v) is 16.9. The van der Waals surface area contributed by atoms with Gasteiger partial charge < -0.3 is 9.47 Å². The first-order valence-electron chi connectivity index (χ1n) is 9.71. The van der Waals surface area contributed by atoms with Gasteiger partial charge in [-0.3, -0.25) is 4.79 Å². The molecule has 31 heavy (non-hydrogen) atoms. The number of nitrogens with zero attached hydrogens (tertiary/aromatic N) is 2. The van der Waals surface area contributed by atoms with Crippen molar-refractivity contribution in [1.29, 1.82) is 0 Å². The Balaban J connectivity index is 1.57. The predicted molar refractivity (Wildman–Crippen MR) is 117 cm³/mol. The van der Waals surface area contributed by atoms with E-state index in [0.29, 0.717) is 17.0 Å². The Labute approximate surface area is 179 Å². The second-order valence-corrected chi connectivity index (χ2v) is 6.76. The third kappa shape index (κ3) is 4.53. The molecule has 0 atom stereocenters. The highest BCUT2D eigenvalue weighted by Crippen LogP contribution is 2.22. The zero-order chi connectivity index (χ0) is 21.6. The lowest BCUT2D eigenvalue weighted by Crippen LogP contribution is -2.17. The standard InChI is InChI=1S/C25H20N2O4/c1-30-21-14-12-19(13-15-21)24(28)17-31-25(29)23-16-22(18-8-4-2-5-9-18)26-27(23)20-10-6-3-7-11-20/h2-16H,17H2,1H3. The number of carbonyl (C=O) groups is 2. The van der Waals surface area contributed by atoms with Crippen LogP contribution < -0.4 is 4.74 Å². The normalized spacial score (nSPS) is 10.5. The zero-order valence-electron chi connectivity index (χ0n) is 16.9. The van der Waals surface area contributed by atoms with Crippen molar-refractivity contribution in [1.82, 2.24) is 9.78 Å². The molecule has 0 aliphatic carbocycles. The molecule has 0 radical (unpaired) electrons. The van der Waals surface area contributed by atoms with Crippen LogP contribution in [-0.2, 0) is 4.74 Å². The number of ether oxygens (including phenoxy) is 2. The molecule has 0 fully saturated rings. The Morgan fingerprint density at radius 2 is 1.52 bits per heavy atom. The van der Waals surface area contributed by atoms with Crippen molar-refractivity contribution < 1.29 is 19.1 Å². The summed E-state index contributed by atoms with van der Waals surface area (Å²) in [6.07, 6.45) is 0. The molecule has 1 heterocycles. The van der Waals surface area contributed by atoms with E-state index >= 15 is 0 Å². The molecule has 6 nitrogen and oxygen atoms in total. The highest BCUT2D eigenvalue weighted by atomic mass is 16.5. The number of benzene rings is 3. The number of hydrogen-bond donors (Lipinski definition) is 0. The summed E-state index contributed by atoms with van der Waals surface area (Å²) in [6, 6.07) is 27.2. The minimum Gasteiger partial charge on any atom is -0.497 e. The first-order chi connectivity index (χ1) is 15.2. The van der Waals surface area contributed by atoms with Gasteiger partial charge in [0.05, 0.1) is 18.5 Å². The number of esters is 1. The quantitative estimate of drug-likeness (QED) is 0.328. The van der Waals surface area contributed by atoms with E-state index in [-0.39, 0.29) is 18.1 Å². The monoisotopic (exact) mass is 412 g/mol. The number of carbonyl (C=O) groups excluding carboxylic acids is 2. The van der Waals surface area contributed by atoms with Crippen LogP contribution in [0.1, 0.15) is 20.8 Å². The van der Waals surface area contributed by atoms with E-state index in [1.165, 1.54) is 4.68 Å². The third-order valence-electron chi connectivity index (χ3n) is 4.74. The first-order valence-corrected chi connectivity index (χ1v) is 9.71. The highest BCUT2D eigenvalue weighted by molar-refractivity contribution is 5.99. The molecular formula is C25H20N2O4. The average Bonchev–Trinajstić information content (AvgIpc) is 3.29. The maximum absolute atomic E-state index is 12.9. The summed E-state index contributed by atoms with van der Waals surface area (Å²) >= 11 is 0. The van der Waals surface area contributed by atoms with Gasteiger partial charge in [0.25, 0.3) is 0 Å². The number of rotatable bonds is 7. The number of para-hydroxylation sites is 1. The van der Waals surface area contributed by atoms with Crippen molar-refractivity contribution in [2.75, 3.05) is 13.7 Å². The van der Waals surface area contributed by atoms with E-state index in [1.54, 1.807) is 37.4 Å². The van der Waals surface area contributed by atoms with Gasteiger partial charge in [0.15, 0.2) is 18.1 Å². The van der Waals surface area contributed by atoms with Gasteiger partial charge >= 0.3 is 5.97 Å². The van der Waals surface area contributed by atoms with Crippen LogP contribution in [0.3, 0.4) is 0 Å². The third-order valence-corrected chi connectivity index (χ3v) is 4.74. The summed E-state index contributed by atoms with van der Waals surface area (Å²) in [5.41, 5.74) is 2.92. The number of Topliss-reactive ketones (excluding diaryl/α,β-unsaturated/α-hetero) is 1. The Hall–Kier alpha value is -4.19. The molecular weight excluding hydrogens is 392 g/mol. The van der Waals surface area contributed by atoms with Crippen LogP contribution >= 0.6 is 0 Å². The molecule has 154 valence electrons. The summed E-state index contributed by atoms with van der Waals surface area (Å²) in [5, 5.41) is 4.59. The van der Waals surface area contributed by atoms with Crippen molar-refractivity contribution in [3.63, 3.8) is 0 Å². The van der Waals surface area contributed by atoms with Gasteiger partial charge in [-0.2, -0.15) is 5.10 Å². The van der Waals surface area contributed by atoms with Gasteiger partial charge in [-0.25, -0.2) is 9.48 Å². The van der Waals surface area contributed by atoms with Crippen LogP contribution in [0.25, 0.3) is 16.9 Å². The fraction of sp³-hybridized carbons (Fsp3) is 0.0800. The van der Waals surface area contributed by atoms with Crippen LogP contribution in [-0.4, -0.2) is 35.2 Å². The summed E-state index contributed by atoms with van der Waals surface area (Å²) < 4.78 is 12.0. The lowest BCUT2D eigenvalue weighted by atomic mass is 10.1. The van der Waals surface area contributed by atoms with Gasteiger partial charge in [-0.05, 0) is 42.5 Å². The minimum atomic E-state index is -0.625. The number of aromatic nitrogens is 2. The molecule has 0 amide bonds. The van der Waals surface area contributed by atoms with Gasteiger partial charge in [0.2, 0.25) is 0 Å². The van der Waals surface area contributed by atoms with Crippen LogP contribution in [0.2, 0.25) is 0 Å². The summed E-state index contributed by atoms with van der Waals surface area (Å²) in [6.45, 7) is -0.369. The fourth-order valence-corrected chi connectivity index (χ4v) is 3.11. The highest BCUT2D eigenvalue weighted by Gasteiger charge is 2.20. The van der Waals surface area contributed by atoms with Gasteiger partial charge in [0, 0.05) is 11.1 Å². The number of methoxy groups -OCH3 is 1. The van der Waals surface area contributed by atoms with E-state index in [2.05, 4.69) is 5.10 Å². The van der Waals surface area contributed by atoms with E-state index in [0.717, 1.165) is 11.3 Å². The molecule has 0 bridgehead atoms. The van der Waals surface area contributed by atoms with E-state index in [1.807, 2.05) is 60.7 Å². The number of hydrogen-bond acceptors (Lipinski definition) is 5. The molecule has 0 N–H and O–H groups in total. The lowest BCUT2D eigenvalue weighted by Gasteiger charge is -2.08. The molecule has 1 aromatic heterocycles. The fourth-order valence-electron chi connectivity index (χ4n) is 3.11. The van der Waals surface area contributed by atoms with Crippen molar-refractivity contribution >= 4 is 11.8 Å². The summed E-state index contributed by atoms with van der Waals surface area (Å²) in [5.74, 6) is -0.279. The first kappa shape index (κ1) is 20.1. The smallest absolute Gasteiger partial charge is 0.357 e. The molecule has 0 aliphatic heterocycles.